The number of hydrogen-bond acceptors (Lipinski definition) is 3. The van der Waals surface area contributed by atoms with Crippen molar-refractivity contribution in [3.8, 4) is 0 Å². The summed E-state index contributed by atoms with van der Waals surface area (Å²) in [6, 6.07) is 1.02. The van der Waals surface area contributed by atoms with Crippen LogP contribution < -0.4 is 0 Å². The third-order valence-electron chi connectivity index (χ3n) is 1.82. The van der Waals surface area contributed by atoms with Gasteiger partial charge >= 0.3 is 0 Å². The molecule has 0 radical (unpaired) electrons. The monoisotopic (exact) mass is 222 g/mol. The summed E-state index contributed by atoms with van der Waals surface area (Å²) in [6.45, 7) is 8.45. The molecule has 0 spiro atoms. The van der Waals surface area contributed by atoms with Crippen LogP contribution >= 0.6 is 0 Å². The van der Waals surface area contributed by atoms with Gasteiger partial charge in [-0.15, -0.1) is 12.3 Å². The summed E-state index contributed by atoms with van der Waals surface area (Å²) in [4.78, 5) is 0. The Balaban J connectivity index is 3.64. The Bertz CT molecular complexity index is 257. The normalized spacial score (nSPS) is 12.8. The average Bonchev–Trinajstić information content (AvgIpc) is 1.97. The summed E-state index contributed by atoms with van der Waals surface area (Å²) in [7, 11) is -4.54. The molecular weight excluding hydrogens is 204 g/mol. The Morgan fingerprint density at radius 3 is 2.38 bits per heavy atom. The van der Waals surface area contributed by atoms with Gasteiger partial charge < -0.3 is 0 Å². The summed E-state index contributed by atoms with van der Waals surface area (Å²) in [5.41, 5.74) is 2.01. The van der Waals surface area contributed by atoms with Crippen LogP contribution in [0.5, 0.6) is 0 Å². The molecular formula is C8H18O3SSi. The minimum atomic E-state index is -3.26. The zero-order valence-electron chi connectivity index (χ0n) is 8.54. The fourth-order valence-electron chi connectivity index (χ4n) is 0.840. The molecule has 0 heterocycles. The molecule has 0 aliphatic rings. The lowest BCUT2D eigenvalue weighted by Crippen LogP contribution is -2.22. The van der Waals surface area contributed by atoms with Crippen LogP contribution in [0.2, 0.25) is 19.1 Å². The largest absolute Gasteiger partial charge is 0.270 e. The van der Waals surface area contributed by atoms with E-state index in [1.165, 1.54) is 0 Å². The Kier molecular flexibility index (Phi) is 4.88. The molecule has 0 aliphatic heterocycles. The zero-order valence-corrected chi connectivity index (χ0v) is 10.4. The molecule has 0 aromatic carbocycles. The van der Waals surface area contributed by atoms with Crippen molar-refractivity contribution in [3.63, 3.8) is 0 Å². The molecule has 0 saturated carbocycles. The topological polar surface area (TPSA) is 43.4 Å². The van der Waals surface area contributed by atoms with Gasteiger partial charge in [-0.2, -0.15) is 8.42 Å². The SMILES string of the molecule is C=C[Si](C)(C)CCCOS(C)(=O)=O. The maximum atomic E-state index is 10.6. The van der Waals surface area contributed by atoms with Crippen molar-refractivity contribution in [2.24, 2.45) is 0 Å². The Hall–Kier alpha value is -0.133. The highest BCUT2D eigenvalue weighted by molar-refractivity contribution is 7.85. The summed E-state index contributed by atoms with van der Waals surface area (Å²) < 4.78 is 25.8. The molecule has 0 unspecified atom stereocenters. The summed E-state index contributed by atoms with van der Waals surface area (Å²) in [6.07, 6.45) is 1.86. The molecule has 0 fully saturated rings. The van der Waals surface area contributed by atoms with Crippen molar-refractivity contribution in [2.75, 3.05) is 12.9 Å². The first-order valence-corrected chi connectivity index (χ1v) is 9.35. The highest BCUT2D eigenvalue weighted by Crippen LogP contribution is 2.12. The van der Waals surface area contributed by atoms with E-state index in [1.807, 2.05) is 5.70 Å². The van der Waals surface area contributed by atoms with Crippen LogP contribution in [0, 0.1) is 0 Å². The van der Waals surface area contributed by atoms with E-state index in [-0.39, 0.29) is 0 Å². The second-order valence-corrected chi connectivity index (χ2v) is 10.4. The van der Waals surface area contributed by atoms with Crippen molar-refractivity contribution in [2.45, 2.75) is 25.6 Å². The summed E-state index contributed by atoms with van der Waals surface area (Å²) >= 11 is 0. The lowest BCUT2D eigenvalue weighted by atomic mass is 10.5. The third-order valence-corrected chi connectivity index (χ3v) is 5.16. The standard InChI is InChI=1S/C8H18O3SSi/c1-5-13(3,4)8-6-7-11-12(2,9)10/h5H,1,6-8H2,2-4H3. The minimum Gasteiger partial charge on any atom is -0.270 e. The van der Waals surface area contributed by atoms with Crippen molar-refractivity contribution >= 4 is 18.2 Å². The predicted molar refractivity (Wildman–Crippen MR) is 57.9 cm³/mol. The van der Waals surface area contributed by atoms with Crippen molar-refractivity contribution in [1.29, 1.82) is 0 Å². The maximum Gasteiger partial charge on any atom is 0.264 e. The van der Waals surface area contributed by atoms with E-state index in [9.17, 15) is 8.42 Å². The van der Waals surface area contributed by atoms with Gasteiger partial charge in [0.1, 0.15) is 0 Å². The van der Waals surface area contributed by atoms with Crippen LogP contribution in [0.4, 0.5) is 0 Å². The van der Waals surface area contributed by atoms with Crippen molar-refractivity contribution < 1.29 is 12.6 Å². The van der Waals surface area contributed by atoms with Gasteiger partial charge in [0.05, 0.1) is 20.9 Å². The fourth-order valence-corrected chi connectivity index (χ4v) is 2.52. The van der Waals surface area contributed by atoms with E-state index in [0.29, 0.717) is 6.61 Å². The van der Waals surface area contributed by atoms with Crippen molar-refractivity contribution in [3.05, 3.63) is 12.3 Å². The Morgan fingerprint density at radius 2 is 2.00 bits per heavy atom. The van der Waals surface area contributed by atoms with Gasteiger partial charge in [0.15, 0.2) is 0 Å². The van der Waals surface area contributed by atoms with Gasteiger partial charge in [0.25, 0.3) is 10.1 Å². The molecule has 0 N–H and O–H groups in total. The smallest absolute Gasteiger partial charge is 0.264 e. The number of hydrogen-bond donors (Lipinski definition) is 0. The molecule has 78 valence electrons. The molecule has 0 saturated heterocycles. The highest BCUT2D eigenvalue weighted by Gasteiger charge is 2.15. The van der Waals surface area contributed by atoms with Crippen LogP contribution in [-0.4, -0.2) is 29.4 Å². The molecule has 0 atom stereocenters. The molecule has 0 bridgehead atoms. The first-order valence-electron chi connectivity index (χ1n) is 4.25. The molecule has 13 heavy (non-hydrogen) atoms. The zero-order chi connectivity index (χ0) is 10.5. The molecule has 5 heteroatoms. The molecule has 0 rings (SSSR count). The molecule has 3 nitrogen and oxygen atoms in total. The van der Waals surface area contributed by atoms with Crippen LogP contribution in [0.1, 0.15) is 6.42 Å². The first-order chi connectivity index (χ1) is 5.77. The summed E-state index contributed by atoms with van der Waals surface area (Å²) in [5, 5.41) is 0. The van der Waals surface area contributed by atoms with E-state index < -0.39 is 18.2 Å². The van der Waals surface area contributed by atoms with E-state index in [1.54, 1.807) is 0 Å². The third kappa shape index (κ3) is 8.20. The molecule has 0 aliphatic carbocycles. The van der Waals surface area contributed by atoms with E-state index in [2.05, 4.69) is 23.9 Å². The van der Waals surface area contributed by atoms with Crippen LogP contribution in [0.25, 0.3) is 0 Å². The Labute approximate surface area is 81.9 Å². The summed E-state index contributed by atoms with van der Waals surface area (Å²) in [5.74, 6) is 0. The molecule has 0 aromatic rings. The Morgan fingerprint density at radius 1 is 1.46 bits per heavy atom. The lowest BCUT2D eigenvalue weighted by Gasteiger charge is -2.15. The predicted octanol–water partition coefficient (Wildman–Crippen LogP) is 1.79. The van der Waals surface area contributed by atoms with Gasteiger partial charge in [0.2, 0.25) is 0 Å². The first kappa shape index (κ1) is 12.9. The average molecular weight is 222 g/mol. The fraction of sp³-hybridized carbons (Fsp3) is 0.750. The molecule has 0 amide bonds. The van der Waals surface area contributed by atoms with E-state index in [4.69, 9.17) is 0 Å². The maximum absolute atomic E-state index is 10.6. The van der Waals surface area contributed by atoms with Gasteiger partial charge in [0, 0.05) is 0 Å². The number of rotatable bonds is 6. The van der Waals surface area contributed by atoms with Gasteiger partial charge in [-0.3, -0.25) is 4.18 Å². The van der Waals surface area contributed by atoms with E-state index in [0.717, 1.165) is 18.7 Å². The highest BCUT2D eigenvalue weighted by atomic mass is 32.2. The van der Waals surface area contributed by atoms with Gasteiger partial charge in [-0.1, -0.05) is 19.1 Å². The van der Waals surface area contributed by atoms with Crippen LogP contribution in [0.15, 0.2) is 12.3 Å². The lowest BCUT2D eigenvalue weighted by molar-refractivity contribution is 0.321. The van der Waals surface area contributed by atoms with Gasteiger partial charge in [-0.05, 0) is 6.42 Å². The van der Waals surface area contributed by atoms with Crippen molar-refractivity contribution in [1.82, 2.24) is 0 Å². The quantitative estimate of drug-likeness (QED) is 0.391. The van der Waals surface area contributed by atoms with Crippen LogP contribution in [-0.2, 0) is 14.3 Å². The van der Waals surface area contributed by atoms with Crippen LogP contribution in [0.3, 0.4) is 0 Å². The second-order valence-electron chi connectivity index (χ2n) is 3.82. The molecule has 0 aromatic heterocycles. The van der Waals surface area contributed by atoms with Gasteiger partial charge in [-0.25, -0.2) is 0 Å². The minimum absolute atomic E-state index is 0.295. The van der Waals surface area contributed by atoms with E-state index >= 15 is 0 Å². The second kappa shape index (κ2) is 4.93.